The Labute approximate surface area is 92.7 Å². The number of rotatable bonds is 2. The summed E-state index contributed by atoms with van der Waals surface area (Å²) in [6, 6.07) is 4.40. The van der Waals surface area contributed by atoms with Crippen LogP contribution in [-0.4, -0.2) is 32.0 Å². The van der Waals surface area contributed by atoms with Crippen LogP contribution < -0.4 is 0 Å². The minimum Gasteiger partial charge on any atom is -0.303 e. The topological polar surface area (TPSA) is 71.5 Å². The van der Waals surface area contributed by atoms with Crippen molar-refractivity contribution >= 4 is 22.2 Å². The maximum Gasteiger partial charge on any atom is 0.268 e. The average Bonchev–Trinajstić information content (AvgIpc) is 2.42. The predicted molar refractivity (Wildman–Crippen MR) is 55.5 cm³/mol. The fourth-order valence-electron chi connectivity index (χ4n) is 1.61. The number of carbonyl (C=O) groups excluding carboxylic acids is 2. The van der Waals surface area contributed by atoms with Crippen molar-refractivity contribution in [2.45, 2.75) is 11.3 Å². The summed E-state index contributed by atoms with van der Waals surface area (Å²) in [5.41, 5.74) is 0.748. The first kappa shape index (κ1) is 10.8. The number of nitrogens with zero attached hydrogens (tertiary/aromatic N) is 1. The highest BCUT2D eigenvalue weighted by molar-refractivity contribution is 7.90. The van der Waals surface area contributed by atoms with E-state index in [1.807, 2.05) is 0 Å². The Bertz CT molecular complexity index is 576. The molecule has 0 bridgehead atoms. The first-order valence-corrected chi connectivity index (χ1v) is 6.02. The van der Waals surface area contributed by atoms with E-state index >= 15 is 0 Å². The molecular weight excluding hydrogens is 230 g/mol. The SMILES string of the molecule is CN1C(=O)c2ccc(CC=O)cc2S1(=O)=O. The lowest BCUT2D eigenvalue weighted by Gasteiger charge is -2.05. The van der Waals surface area contributed by atoms with Crippen molar-refractivity contribution in [3.05, 3.63) is 29.3 Å². The minimum absolute atomic E-state index is 0.0145. The van der Waals surface area contributed by atoms with Gasteiger partial charge in [0.1, 0.15) is 11.2 Å². The van der Waals surface area contributed by atoms with Gasteiger partial charge in [-0.2, -0.15) is 0 Å². The molecule has 1 aliphatic heterocycles. The first-order valence-electron chi connectivity index (χ1n) is 4.58. The highest BCUT2D eigenvalue weighted by Gasteiger charge is 2.38. The molecule has 1 amide bonds. The number of carbonyl (C=O) groups is 2. The van der Waals surface area contributed by atoms with Gasteiger partial charge in [-0.1, -0.05) is 6.07 Å². The summed E-state index contributed by atoms with van der Waals surface area (Å²) in [7, 11) is -2.49. The van der Waals surface area contributed by atoms with Gasteiger partial charge in [0, 0.05) is 13.5 Å². The zero-order valence-electron chi connectivity index (χ0n) is 8.50. The zero-order valence-corrected chi connectivity index (χ0v) is 9.32. The van der Waals surface area contributed by atoms with Gasteiger partial charge in [-0.15, -0.1) is 0 Å². The third-order valence-electron chi connectivity index (χ3n) is 2.52. The van der Waals surface area contributed by atoms with Gasteiger partial charge < -0.3 is 4.79 Å². The quantitative estimate of drug-likeness (QED) is 0.691. The van der Waals surface area contributed by atoms with Gasteiger partial charge in [0.25, 0.3) is 15.9 Å². The van der Waals surface area contributed by atoms with Crippen LogP contribution in [-0.2, 0) is 21.2 Å². The Hall–Kier alpha value is -1.69. The Balaban J connectivity index is 2.65. The summed E-state index contributed by atoms with van der Waals surface area (Å²) >= 11 is 0. The van der Waals surface area contributed by atoms with Crippen LogP contribution in [0.25, 0.3) is 0 Å². The van der Waals surface area contributed by atoms with Crippen LogP contribution in [0.3, 0.4) is 0 Å². The second kappa shape index (κ2) is 3.41. The molecule has 0 radical (unpaired) electrons. The highest BCUT2D eigenvalue weighted by atomic mass is 32.2. The van der Waals surface area contributed by atoms with E-state index in [1.165, 1.54) is 19.2 Å². The number of hydrogen-bond acceptors (Lipinski definition) is 4. The van der Waals surface area contributed by atoms with Crippen LogP contribution in [0.2, 0.25) is 0 Å². The fraction of sp³-hybridized carbons (Fsp3) is 0.200. The summed E-state index contributed by atoms with van der Waals surface area (Å²) in [5.74, 6) is -0.535. The van der Waals surface area contributed by atoms with Gasteiger partial charge in [-0.05, 0) is 17.7 Å². The molecule has 0 aliphatic carbocycles. The van der Waals surface area contributed by atoms with Gasteiger partial charge in [0.15, 0.2) is 0 Å². The third kappa shape index (κ3) is 1.34. The smallest absolute Gasteiger partial charge is 0.268 e. The van der Waals surface area contributed by atoms with E-state index in [0.717, 1.165) is 0 Å². The molecule has 0 unspecified atom stereocenters. The maximum atomic E-state index is 11.8. The third-order valence-corrected chi connectivity index (χ3v) is 4.30. The molecule has 1 aliphatic rings. The van der Waals surface area contributed by atoms with Crippen LogP contribution in [0.1, 0.15) is 15.9 Å². The molecule has 0 saturated heterocycles. The molecule has 2 rings (SSSR count). The van der Waals surface area contributed by atoms with Crippen LogP contribution in [0.5, 0.6) is 0 Å². The van der Waals surface area contributed by atoms with Crippen molar-refractivity contribution in [3.8, 4) is 0 Å². The fourth-order valence-corrected chi connectivity index (χ4v) is 2.95. The van der Waals surface area contributed by atoms with E-state index in [1.54, 1.807) is 6.07 Å². The number of fused-ring (bicyclic) bond motifs is 1. The molecule has 84 valence electrons. The van der Waals surface area contributed by atoms with E-state index in [0.29, 0.717) is 16.2 Å². The van der Waals surface area contributed by atoms with E-state index in [2.05, 4.69) is 0 Å². The molecule has 16 heavy (non-hydrogen) atoms. The predicted octanol–water partition coefficient (Wildman–Crippen LogP) is 0.202. The molecule has 6 heteroatoms. The Morgan fingerprint density at radius 1 is 1.38 bits per heavy atom. The largest absolute Gasteiger partial charge is 0.303 e. The molecule has 1 aromatic carbocycles. The molecular formula is C10H9NO4S. The van der Waals surface area contributed by atoms with Gasteiger partial charge in [0.05, 0.1) is 5.56 Å². The van der Waals surface area contributed by atoms with Crippen molar-refractivity contribution < 1.29 is 18.0 Å². The summed E-state index contributed by atoms with van der Waals surface area (Å²) in [4.78, 5) is 21.9. The second-order valence-corrected chi connectivity index (χ2v) is 5.42. The lowest BCUT2D eigenvalue weighted by molar-refractivity contribution is -0.107. The normalized spacial score (nSPS) is 17.3. The summed E-state index contributed by atoms with van der Waals surface area (Å²) in [6.45, 7) is 0. The monoisotopic (exact) mass is 239 g/mol. The van der Waals surface area contributed by atoms with E-state index in [4.69, 9.17) is 0 Å². The second-order valence-electron chi connectivity index (χ2n) is 3.48. The number of amides is 1. The number of sulfonamides is 1. The molecule has 5 nitrogen and oxygen atoms in total. The van der Waals surface area contributed by atoms with Gasteiger partial charge in [-0.25, -0.2) is 12.7 Å². The number of aldehydes is 1. The molecule has 0 N–H and O–H groups in total. The van der Waals surface area contributed by atoms with Crippen molar-refractivity contribution in [2.75, 3.05) is 7.05 Å². The summed E-state index contributed by atoms with van der Waals surface area (Å²) < 4.78 is 24.2. The Kier molecular flexibility index (Phi) is 2.31. The standard InChI is InChI=1S/C10H9NO4S/c1-11-10(13)8-3-2-7(4-5-12)6-9(8)16(11,14)15/h2-3,5-6H,4H2,1H3. The number of hydrogen-bond donors (Lipinski definition) is 0. The molecule has 1 heterocycles. The molecule has 0 atom stereocenters. The van der Waals surface area contributed by atoms with Crippen molar-refractivity contribution in [1.82, 2.24) is 4.31 Å². The Morgan fingerprint density at radius 3 is 2.69 bits per heavy atom. The van der Waals surface area contributed by atoms with Crippen molar-refractivity contribution in [1.29, 1.82) is 0 Å². The van der Waals surface area contributed by atoms with Gasteiger partial charge >= 0.3 is 0 Å². The zero-order chi connectivity index (χ0) is 11.9. The van der Waals surface area contributed by atoms with Crippen LogP contribution in [0.4, 0.5) is 0 Å². The van der Waals surface area contributed by atoms with Crippen LogP contribution in [0.15, 0.2) is 23.1 Å². The summed E-state index contributed by atoms with van der Waals surface area (Å²) in [6.07, 6.45) is 0.829. The first-order chi connectivity index (χ1) is 7.48. The summed E-state index contributed by atoms with van der Waals surface area (Å²) in [5, 5.41) is 0. The van der Waals surface area contributed by atoms with Gasteiger partial charge in [0.2, 0.25) is 0 Å². The maximum absolute atomic E-state index is 11.8. The molecule has 1 aromatic rings. The Morgan fingerprint density at radius 2 is 2.06 bits per heavy atom. The van der Waals surface area contributed by atoms with E-state index in [-0.39, 0.29) is 16.9 Å². The lowest BCUT2D eigenvalue weighted by atomic mass is 10.1. The molecule has 0 saturated carbocycles. The van der Waals surface area contributed by atoms with Crippen molar-refractivity contribution in [3.63, 3.8) is 0 Å². The highest BCUT2D eigenvalue weighted by Crippen LogP contribution is 2.29. The van der Waals surface area contributed by atoms with E-state index in [9.17, 15) is 18.0 Å². The lowest BCUT2D eigenvalue weighted by Crippen LogP contribution is -2.24. The van der Waals surface area contributed by atoms with Crippen molar-refractivity contribution in [2.24, 2.45) is 0 Å². The molecule has 0 spiro atoms. The van der Waals surface area contributed by atoms with E-state index < -0.39 is 15.9 Å². The number of benzene rings is 1. The van der Waals surface area contributed by atoms with Crippen LogP contribution in [0, 0.1) is 0 Å². The molecule has 0 fully saturated rings. The molecule has 0 aromatic heterocycles. The average molecular weight is 239 g/mol. The van der Waals surface area contributed by atoms with Gasteiger partial charge in [-0.3, -0.25) is 4.79 Å². The van der Waals surface area contributed by atoms with Crippen LogP contribution >= 0.6 is 0 Å². The minimum atomic E-state index is -3.71.